The fraction of sp³-hybridized carbons (Fsp3) is 0.941. The van der Waals surface area contributed by atoms with Gasteiger partial charge in [0, 0.05) is 0 Å². The van der Waals surface area contributed by atoms with Crippen LogP contribution < -0.4 is 0 Å². The molecule has 3 aliphatic heterocycles. The van der Waals surface area contributed by atoms with Gasteiger partial charge in [-0.1, -0.05) is 20.8 Å². The second-order valence-corrected chi connectivity index (χ2v) is 13.8. The van der Waals surface area contributed by atoms with E-state index in [0.717, 1.165) is 0 Å². The maximum absolute atomic E-state index is 11.7. The first kappa shape index (κ1) is 18.3. The van der Waals surface area contributed by atoms with Crippen molar-refractivity contribution in [2.24, 2.45) is 0 Å². The second-order valence-electron chi connectivity index (χ2n) is 9.01. The van der Waals surface area contributed by atoms with Gasteiger partial charge >= 0.3 is 5.97 Å². The van der Waals surface area contributed by atoms with E-state index in [9.17, 15) is 4.79 Å². The molecule has 0 bridgehead atoms. The quantitative estimate of drug-likeness (QED) is 0.571. The lowest BCUT2D eigenvalue weighted by atomic mass is 10.0. The van der Waals surface area contributed by atoms with Crippen LogP contribution in [0.15, 0.2) is 0 Å². The molecule has 0 amide bonds. The SMILES string of the molecule is CC1(C)OC[C@H]([C@H]2O[C@@H]3CC(=O)O[C@@H]3[C@H]2O[Si](C)(C)C(C)(C)C)O1. The van der Waals surface area contributed by atoms with E-state index >= 15 is 0 Å². The van der Waals surface area contributed by atoms with Crippen LogP contribution in [0, 0.1) is 0 Å². The van der Waals surface area contributed by atoms with Crippen molar-refractivity contribution in [3.8, 4) is 0 Å². The molecule has 3 fully saturated rings. The normalized spacial score (nSPS) is 39.1. The predicted octanol–water partition coefficient (Wildman–Crippen LogP) is 2.61. The van der Waals surface area contributed by atoms with Crippen LogP contribution in [0.3, 0.4) is 0 Å². The molecule has 0 N–H and O–H groups in total. The number of hydrogen-bond donors (Lipinski definition) is 0. The van der Waals surface area contributed by atoms with E-state index in [0.29, 0.717) is 6.61 Å². The number of ether oxygens (including phenoxy) is 4. The first-order valence-corrected chi connectivity index (χ1v) is 11.6. The van der Waals surface area contributed by atoms with Gasteiger partial charge in [-0.2, -0.15) is 0 Å². The van der Waals surface area contributed by atoms with Crippen LogP contribution in [0.2, 0.25) is 18.1 Å². The molecule has 0 radical (unpaired) electrons. The zero-order chi connectivity index (χ0) is 17.9. The van der Waals surface area contributed by atoms with Crippen LogP contribution in [-0.2, 0) is 28.2 Å². The first-order valence-electron chi connectivity index (χ1n) is 8.74. The molecule has 0 spiro atoms. The molecule has 0 aromatic heterocycles. The molecule has 3 saturated heterocycles. The van der Waals surface area contributed by atoms with Gasteiger partial charge in [-0.15, -0.1) is 0 Å². The average molecular weight is 359 g/mol. The summed E-state index contributed by atoms with van der Waals surface area (Å²) in [6, 6.07) is 0. The van der Waals surface area contributed by atoms with E-state index in [2.05, 4.69) is 33.9 Å². The molecule has 3 aliphatic rings. The van der Waals surface area contributed by atoms with Gasteiger partial charge < -0.3 is 23.4 Å². The Morgan fingerprint density at radius 3 is 2.38 bits per heavy atom. The summed E-state index contributed by atoms with van der Waals surface area (Å²) in [5.74, 6) is -0.833. The number of rotatable bonds is 3. The van der Waals surface area contributed by atoms with Gasteiger partial charge in [0.1, 0.15) is 24.4 Å². The van der Waals surface area contributed by atoms with E-state index < -0.39 is 14.1 Å². The topological polar surface area (TPSA) is 63.2 Å². The summed E-state index contributed by atoms with van der Waals surface area (Å²) in [6.45, 7) is 15.2. The van der Waals surface area contributed by atoms with Crippen molar-refractivity contribution in [3.05, 3.63) is 0 Å². The van der Waals surface area contributed by atoms with Crippen LogP contribution >= 0.6 is 0 Å². The van der Waals surface area contributed by atoms with Crippen LogP contribution in [0.1, 0.15) is 41.0 Å². The van der Waals surface area contributed by atoms with Gasteiger partial charge in [-0.25, -0.2) is 0 Å². The van der Waals surface area contributed by atoms with Gasteiger partial charge in [0.25, 0.3) is 0 Å². The number of esters is 1. The number of fused-ring (bicyclic) bond motifs is 1. The summed E-state index contributed by atoms with van der Waals surface area (Å²) in [4.78, 5) is 11.7. The molecule has 3 rings (SSSR count). The van der Waals surface area contributed by atoms with Gasteiger partial charge in [-0.3, -0.25) is 4.79 Å². The molecule has 6 nitrogen and oxygen atoms in total. The Bertz CT molecular complexity index is 512. The van der Waals surface area contributed by atoms with E-state index in [-0.39, 0.29) is 47.9 Å². The zero-order valence-corrected chi connectivity index (χ0v) is 16.8. The van der Waals surface area contributed by atoms with Crippen molar-refractivity contribution in [1.29, 1.82) is 0 Å². The monoisotopic (exact) mass is 358 g/mol. The van der Waals surface area contributed by atoms with Gasteiger partial charge in [0.15, 0.2) is 20.2 Å². The molecule has 0 aromatic carbocycles. The molecule has 0 aliphatic carbocycles. The average Bonchev–Trinajstić information content (AvgIpc) is 3.02. The predicted molar refractivity (Wildman–Crippen MR) is 90.1 cm³/mol. The summed E-state index contributed by atoms with van der Waals surface area (Å²) in [6.07, 6.45) is -1.09. The van der Waals surface area contributed by atoms with E-state index in [1.807, 2.05) is 13.8 Å². The third-order valence-corrected chi connectivity index (χ3v) is 10.1. The minimum Gasteiger partial charge on any atom is -0.457 e. The molecular weight excluding hydrogens is 328 g/mol. The largest absolute Gasteiger partial charge is 0.457 e. The molecule has 3 heterocycles. The summed E-state index contributed by atoms with van der Waals surface area (Å²) in [5, 5.41) is 0.0601. The number of carbonyl (C=O) groups is 1. The van der Waals surface area contributed by atoms with Crippen LogP contribution in [0.25, 0.3) is 0 Å². The first-order chi connectivity index (χ1) is 10.9. The Labute approximate surface area is 145 Å². The van der Waals surface area contributed by atoms with Crippen molar-refractivity contribution < 1.29 is 28.2 Å². The van der Waals surface area contributed by atoms with E-state index in [1.165, 1.54) is 0 Å². The number of hydrogen-bond acceptors (Lipinski definition) is 6. The lowest BCUT2D eigenvalue weighted by Gasteiger charge is -2.40. The van der Waals surface area contributed by atoms with Crippen molar-refractivity contribution in [1.82, 2.24) is 0 Å². The Balaban J connectivity index is 1.82. The second kappa shape index (κ2) is 5.77. The van der Waals surface area contributed by atoms with Gasteiger partial charge in [0.2, 0.25) is 0 Å². The molecule has 0 saturated carbocycles. The fourth-order valence-corrected chi connectivity index (χ4v) is 4.56. The molecule has 0 unspecified atom stereocenters. The lowest BCUT2D eigenvalue weighted by molar-refractivity contribution is -0.164. The number of carbonyl (C=O) groups excluding carboxylic acids is 1. The van der Waals surface area contributed by atoms with Crippen LogP contribution in [0.5, 0.6) is 0 Å². The fourth-order valence-electron chi connectivity index (χ4n) is 3.25. The highest BCUT2D eigenvalue weighted by molar-refractivity contribution is 6.74. The van der Waals surface area contributed by atoms with Crippen molar-refractivity contribution in [2.45, 2.75) is 95.5 Å². The molecule has 5 atom stereocenters. The van der Waals surface area contributed by atoms with Gasteiger partial charge in [-0.05, 0) is 32.0 Å². The van der Waals surface area contributed by atoms with Crippen molar-refractivity contribution in [2.75, 3.05) is 6.61 Å². The summed E-state index contributed by atoms with van der Waals surface area (Å²) in [5.41, 5.74) is 0. The minimum absolute atomic E-state index is 0.0601. The highest BCUT2D eigenvalue weighted by Crippen LogP contribution is 2.44. The molecule has 7 heteroatoms. The zero-order valence-electron chi connectivity index (χ0n) is 15.8. The third kappa shape index (κ3) is 3.29. The summed E-state index contributed by atoms with van der Waals surface area (Å²) >= 11 is 0. The maximum atomic E-state index is 11.7. The highest BCUT2D eigenvalue weighted by atomic mass is 28.4. The summed E-state index contributed by atoms with van der Waals surface area (Å²) < 4.78 is 30.0. The third-order valence-electron chi connectivity index (χ3n) is 5.62. The molecule has 0 aromatic rings. The standard InChI is InChI=1S/C17H30O6Si/c1-16(2,3)24(6,7)23-15-13-10(8-12(18)21-13)20-14(15)11-9-19-17(4,5)22-11/h10-11,13-15H,8-9H2,1-7H3/t10-,11-,13+,14-,15-/m1/s1. The Hall–Kier alpha value is -0.473. The summed E-state index contributed by atoms with van der Waals surface area (Å²) in [7, 11) is -2.05. The van der Waals surface area contributed by atoms with Gasteiger partial charge in [0.05, 0.1) is 13.0 Å². The van der Waals surface area contributed by atoms with Crippen molar-refractivity contribution in [3.63, 3.8) is 0 Å². The Morgan fingerprint density at radius 2 is 1.83 bits per heavy atom. The van der Waals surface area contributed by atoms with Crippen molar-refractivity contribution >= 4 is 14.3 Å². The smallest absolute Gasteiger partial charge is 0.309 e. The van der Waals surface area contributed by atoms with E-state index in [1.54, 1.807) is 0 Å². The van der Waals surface area contributed by atoms with E-state index in [4.69, 9.17) is 23.4 Å². The Morgan fingerprint density at radius 1 is 1.17 bits per heavy atom. The lowest BCUT2D eigenvalue weighted by Crippen LogP contribution is -2.52. The highest BCUT2D eigenvalue weighted by Gasteiger charge is 2.58. The van der Waals surface area contributed by atoms with Crippen LogP contribution in [0.4, 0.5) is 0 Å². The maximum Gasteiger partial charge on any atom is 0.309 e. The Kier molecular flexibility index (Phi) is 4.41. The minimum atomic E-state index is -2.05. The molecule has 138 valence electrons. The molecular formula is C17H30O6Si. The van der Waals surface area contributed by atoms with Crippen LogP contribution in [-0.4, -0.2) is 57.2 Å². The molecule has 24 heavy (non-hydrogen) atoms.